The van der Waals surface area contributed by atoms with Gasteiger partial charge in [-0.15, -0.1) is 0 Å². The lowest BCUT2D eigenvalue weighted by Gasteiger charge is -2.35. The van der Waals surface area contributed by atoms with Gasteiger partial charge < -0.3 is 9.84 Å². The molecular weight excluding hydrogens is 200 g/mol. The average molecular weight is 218 g/mol. The van der Waals surface area contributed by atoms with Crippen molar-refractivity contribution in [2.45, 2.75) is 32.3 Å². The van der Waals surface area contributed by atoms with E-state index in [0.717, 1.165) is 24.3 Å². The smallest absolute Gasteiger partial charge is 0.335 e. The van der Waals surface area contributed by atoms with Gasteiger partial charge in [0.2, 0.25) is 0 Å². The summed E-state index contributed by atoms with van der Waals surface area (Å²) in [6, 6.07) is 0. The van der Waals surface area contributed by atoms with Gasteiger partial charge >= 0.3 is 5.97 Å². The molecule has 1 fully saturated rings. The summed E-state index contributed by atoms with van der Waals surface area (Å²) in [4.78, 5) is 11.2. The summed E-state index contributed by atoms with van der Waals surface area (Å²) in [6.07, 6.45) is 2.07. The Morgan fingerprint density at radius 1 is 1.71 bits per heavy atom. The summed E-state index contributed by atoms with van der Waals surface area (Å²) in [6.45, 7) is 4.01. The van der Waals surface area contributed by atoms with Crippen LogP contribution in [0.25, 0.3) is 0 Å². The molecule has 0 aromatic heterocycles. The third kappa shape index (κ3) is 2.42. The van der Waals surface area contributed by atoms with Gasteiger partial charge in [0.05, 0.1) is 0 Å². The number of carboxylic acid groups (broad SMARTS) is 1. The van der Waals surface area contributed by atoms with Gasteiger partial charge in [-0.2, -0.15) is 11.8 Å². The Balaban J connectivity index is 2.69. The Labute approximate surface area is 89.2 Å². The van der Waals surface area contributed by atoms with E-state index in [1.165, 1.54) is 0 Å². The van der Waals surface area contributed by atoms with Crippen molar-refractivity contribution in [1.29, 1.82) is 0 Å². The van der Waals surface area contributed by atoms with E-state index >= 15 is 0 Å². The van der Waals surface area contributed by atoms with E-state index < -0.39 is 11.6 Å². The quantitative estimate of drug-likeness (QED) is 0.784. The van der Waals surface area contributed by atoms with Crippen molar-refractivity contribution in [2.75, 3.05) is 18.1 Å². The largest absolute Gasteiger partial charge is 0.479 e. The van der Waals surface area contributed by atoms with Crippen LogP contribution in [0.5, 0.6) is 0 Å². The van der Waals surface area contributed by atoms with Crippen molar-refractivity contribution in [2.24, 2.45) is 5.92 Å². The fourth-order valence-corrected chi connectivity index (χ4v) is 3.14. The Morgan fingerprint density at radius 3 is 2.86 bits per heavy atom. The van der Waals surface area contributed by atoms with E-state index in [4.69, 9.17) is 4.74 Å². The van der Waals surface area contributed by atoms with Crippen molar-refractivity contribution in [3.05, 3.63) is 0 Å². The molecule has 4 heteroatoms. The van der Waals surface area contributed by atoms with Gasteiger partial charge in [-0.1, -0.05) is 0 Å². The molecule has 1 N–H and O–H groups in total. The Hall–Kier alpha value is -0.220. The lowest BCUT2D eigenvalue weighted by Crippen LogP contribution is -2.47. The van der Waals surface area contributed by atoms with Crippen LogP contribution in [0.1, 0.15) is 26.7 Å². The molecule has 1 aliphatic heterocycles. The maximum atomic E-state index is 11.2. The van der Waals surface area contributed by atoms with Gasteiger partial charge in [0, 0.05) is 12.5 Å². The number of rotatable bonds is 4. The highest BCUT2D eigenvalue weighted by Gasteiger charge is 2.42. The molecule has 0 radical (unpaired) electrons. The van der Waals surface area contributed by atoms with E-state index in [2.05, 4.69) is 0 Å². The van der Waals surface area contributed by atoms with Crippen LogP contribution in [-0.4, -0.2) is 34.8 Å². The predicted molar refractivity (Wildman–Crippen MR) is 57.7 cm³/mol. The van der Waals surface area contributed by atoms with Crippen LogP contribution >= 0.6 is 11.8 Å². The summed E-state index contributed by atoms with van der Waals surface area (Å²) >= 11 is 1.83. The van der Waals surface area contributed by atoms with E-state index in [-0.39, 0.29) is 5.92 Å². The Kier molecular flexibility index (Phi) is 4.26. The maximum Gasteiger partial charge on any atom is 0.335 e. The zero-order chi connectivity index (χ0) is 10.6. The lowest BCUT2D eigenvalue weighted by molar-refractivity contribution is -0.170. The molecule has 0 bridgehead atoms. The van der Waals surface area contributed by atoms with Crippen molar-refractivity contribution in [1.82, 2.24) is 0 Å². The van der Waals surface area contributed by atoms with Crippen molar-refractivity contribution in [3.8, 4) is 0 Å². The van der Waals surface area contributed by atoms with E-state index in [9.17, 15) is 9.90 Å². The first kappa shape index (κ1) is 11.9. The molecular formula is C10H18O3S. The second-order valence-corrected chi connectivity index (χ2v) is 4.91. The SMILES string of the molecule is CCOC(C)(C(=O)O)C1CCCSC1. The van der Waals surface area contributed by atoms with Crippen molar-refractivity contribution in [3.63, 3.8) is 0 Å². The molecule has 0 amide bonds. The monoisotopic (exact) mass is 218 g/mol. The summed E-state index contributed by atoms with van der Waals surface area (Å²) in [7, 11) is 0. The molecule has 1 saturated heterocycles. The Morgan fingerprint density at radius 2 is 2.43 bits per heavy atom. The van der Waals surface area contributed by atoms with E-state index in [1.54, 1.807) is 6.92 Å². The average Bonchev–Trinajstić information content (AvgIpc) is 2.19. The lowest BCUT2D eigenvalue weighted by atomic mass is 9.86. The topological polar surface area (TPSA) is 46.5 Å². The molecule has 0 aliphatic carbocycles. The van der Waals surface area contributed by atoms with Gasteiger partial charge in [-0.25, -0.2) is 4.79 Å². The molecule has 0 saturated carbocycles. The highest BCUT2D eigenvalue weighted by Crippen LogP contribution is 2.33. The number of hydrogen-bond donors (Lipinski definition) is 1. The summed E-state index contributed by atoms with van der Waals surface area (Å²) in [5.74, 6) is 1.38. The normalized spacial score (nSPS) is 26.9. The number of thioether (sulfide) groups is 1. The standard InChI is InChI=1S/C10H18O3S/c1-3-13-10(2,9(11)12)8-5-4-6-14-7-8/h8H,3-7H2,1-2H3,(H,11,12). The molecule has 2 atom stereocenters. The summed E-state index contributed by atoms with van der Waals surface area (Å²) in [5, 5.41) is 9.18. The van der Waals surface area contributed by atoms with E-state index in [0.29, 0.717) is 6.61 Å². The summed E-state index contributed by atoms with van der Waals surface area (Å²) in [5.41, 5.74) is -0.984. The van der Waals surface area contributed by atoms with Gasteiger partial charge in [0.15, 0.2) is 5.60 Å². The first-order chi connectivity index (χ1) is 6.61. The number of aliphatic carboxylic acids is 1. The molecule has 0 aromatic rings. The fourth-order valence-electron chi connectivity index (χ4n) is 1.83. The molecule has 3 nitrogen and oxygen atoms in total. The Bertz CT molecular complexity index is 202. The number of carbonyl (C=O) groups is 1. The van der Waals surface area contributed by atoms with Crippen LogP contribution in [0, 0.1) is 5.92 Å². The molecule has 1 aliphatic rings. The van der Waals surface area contributed by atoms with Gasteiger partial charge in [0.1, 0.15) is 0 Å². The second-order valence-electron chi connectivity index (χ2n) is 3.76. The predicted octanol–water partition coefficient (Wildman–Crippen LogP) is 2.01. The van der Waals surface area contributed by atoms with Crippen LogP contribution in [-0.2, 0) is 9.53 Å². The number of ether oxygens (including phenoxy) is 1. The maximum absolute atomic E-state index is 11.2. The van der Waals surface area contributed by atoms with Crippen LogP contribution in [0.2, 0.25) is 0 Å². The molecule has 14 heavy (non-hydrogen) atoms. The first-order valence-electron chi connectivity index (χ1n) is 5.06. The van der Waals surface area contributed by atoms with Crippen LogP contribution < -0.4 is 0 Å². The van der Waals surface area contributed by atoms with Crippen LogP contribution in [0.4, 0.5) is 0 Å². The zero-order valence-corrected chi connectivity index (χ0v) is 9.60. The highest BCUT2D eigenvalue weighted by atomic mass is 32.2. The van der Waals surface area contributed by atoms with E-state index in [1.807, 2.05) is 18.7 Å². The highest BCUT2D eigenvalue weighted by molar-refractivity contribution is 7.99. The number of hydrogen-bond acceptors (Lipinski definition) is 3. The molecule has 1 rings (SSSR count). The minimum absolute atomic E-state index is 0.152. The molecule has 0 aromatic carbocycles. The third-order valence-corrected chi connectivity index (χ3v) is 4.02. The second kappa shape index (κ2) is 5.03. The van der Waals surface area contributed by atoms with Crippen molar-refractivity contribution >= 4 is 17.7 Å². The van der Waals surface area contributed by atoms with Gasteiger partial charge in [0.25, 0.3) is 0 Å². The summed E-state index contributed by atoms with van der Waals surface area (Å²) < 4.78 is 5.42. The third-order valence-electron chi connectivity index (χ3n) is 2.81. The van der Waals surface area contributed by atoms with Gasteiger partial charge in [-0.05, 0) is 38.2 Å². The first-order valence-corrected chi connectivity index (χ1v) is 6.21. The zero-order valence-electron chi connectivity index (χ0n) is 8.78. The number of carboxylic acids is 1. The minimum Gasteiger partial charge on any atom is -0.479 e. The van der Waals surface area contributed by atoms with Crippen LogP contribution in [0.3, 0.4) is 0 Å². The molecule has 2 unspecified atom stereocenters. The molecule has 1 heterocycles. The molecule has 0 spiro atoms. The van der Waals surface area contributed by atoms with Gasteiger partial charge in [-0.3, -0.25) is 0 Å². The van der Waals surface area contributed by atoms with Crippen molar-refractivity contribution < 1.29 is 14.6 Å². The fraction of sp³-hybridized carbons (Fsp3) is 0.900. The molecule has 82 valence electrons. The minimum atomic E-state index is -0.984. The van der Waals surface area contributed by atoms with Crippen LogP contribution in [0.15, 0.2) is 0 Å².